The van der Waals surface area contributed by atoms with Crippen LogP contribution in [0.15, 0.2) is 34.5 Å². The highest BCUT2D eigenvalue weighted by Crippen LogP contribution is 2.32. The molecular weight excluding hydrogens is 290 g/mol. The Hall–Kier alpha value is -2.15. The summed E-state index contributed by atoms with van der Waals surface area (Å²) in [6.45, 7) is 4.99. The molecule has 21 heavy (non-hydrogen) atoms. The van der Waals surface area contributed by atoms with Crippen molar-refractivity contribution in [2.75, 3.05) is 0 Å². The minimum atomic E-state index is -0.506. The van der Waals surface area contributed by atoms with E-state index in [0.717, 1.165) is 29.0 Å². The number of nitrogens with one attached hydrogen (secondary N) is 1. The Morgan fingerprint density at radius 2 is 1.90 bits per heavy atom. The van der Waals surface area contributed by atoms with Crippen molar-refractivity contribution in [2.45, 2.75) is 26.1 Å². The third-order valence-corrected chi connectivity index (χ3v) is 3.61. The van der Waals surface area contributed by atoms with Crippen LogP contribution >= 0.6 is 11.8 Å². The van der Waals surface area contributed by atoms with E-state index in [-0.39, 0.29) is 16.7 Å². The predicted octanol–water partition coefficient (Wildman–Crippen LogP) is 2.35. The first-order valence-corrected chi connectivity index (χ1v) is 7.18. The molecule has 6 nitrogen and oxygen atoms in total. The van der Waals surface area contributed by atoms with Crippen LogP contribution in [0.4, 0.5) is 0 Å². The second kappa shape index (κ2) is 6.53. The summed E-state index contributed by atoms with van der Waals surface area (Å²) in [7, 11) is 0. The van der Waals surface area contributed by atoms with Crippen LogP contribution in [0.25, 0.3) is 0 Å². The Bertz CT molecular complexity index is 611. The van der Waals surface area contributed by atoms with Crippen molar-refractivity contribution in [3.05, 3.63) is 24.3 Å². The van der Waals surface area contributed by atoms with Gasteiger partial charge in [0, 0.05) is 11.8 Å². The van der Waals surface area contributed by atoms with Crippen LogP contribution in [0.2, 0.25) is 0 Å². The molecule has 1 fully saturated rings. The molecule has 3 aliphatic rings. The molecule has 1 unspecified atom stereocenters. The smallest absolute Gasteiger partial charge is 0.279 e. The van der Waals surface area contributed by atoms with Crippen LogP contribution in [0.1, 0.15) is 20.8 Å². The summed E-state index contributed by atoms with van der Waals surface area (Å²) in [5.41, 5.74) is 0.761. The number of carbonyl (C=O) groups excluding carboxylic acids is 2. The largest absolute Gasteiger partial charge is 0.457 e. The Morgan fingerprint density at radius 1 is 1.29 bits per heavy atom. The quantitative estimate of drug-likeness (QED) is 0.682. The first-order valence-electron chi connectivity index (χ1n) is 6.30. The molecule has 0 aromatic heterocycles. The van der Waals surface area contributed by atoms with Gasteiger partial charge in [-0.05, 0) is 32.9 Å². The maximum atomic E-state index is 11.2. The summed E-state index contributed by atoms with van der Waals surface area (Å²) in [4.78, 5) is 22.2. The number of carbonyl (C=O) groups is 2. The zero-order valence-corrected chi connectivity index (χ0v) is 12.7. The number of hydrogen-bond donors (Lipinski definition) is 1. The molecule has 2 bridgehead atoms. The molecule has 1 saturated heterocycles. The van der Waals surface area contributed by atoms with Crippen LogP contribution in [0, 0.1) is 0 Å². The number of rotatable bonds is 2. The van der Waals surface area contributed by atoms with E-state index in [9.17, 15) is 9.59 Å². The number of hydrogen-bond acceptors (Lipinski definition) is 6. The van der Waals surface area contributed by atoms with Crippen molar-refractivity contribution in [2.24, 2.45) is 10.2 Å². The molecule has 0 radical (unpaired) electrons. The van der Waals surface area contributed by atoms with Crippen LogP contribution < -0.4 is 10.1 Å². The van der Waals surface area contributed by atoms with E-state index in [2.05, 4.69) is 15.5 Å². The topological polar surface area (TPSA) is 80.1 Å². The highest BCUT2D eigenvalue weighted by atomic mass is 32.2. The zero-order chi connectivity index (χ0) is 15.4. The highest BCUT2D eigenvalue weighted by molar-refractivity contribution is 8.17. The summed E-state index contributed by atoms with van der Waals surface area (Å²) in [6.07, 6.45) is 0. The lowest BCUT2D eigenvalue weighted by Gasteiger charge is -2.13. The van der Waals surface area contributed by atoms with E-state index >= 15 is 0 Å². The van der Waals surface area contributed by atoms with Crippen LogP contribution in [-0.2, 0) is 9.59 Å². The Labute approximate surface area is 126 Å². The standard InChI is InChI=1S/C8H11N3O2S.C6H4O/c1-4(2)10-11-8-6(13)9-7(14-8)5(3)12;1-2-5-4-6(3-1)7-5/h7H,1-3H3,(H,9,13);1-4H. The summed E-state index contributed by atoms with van der Waals surface area (Å²) in [6, 6.07) is 7.86. The number of benzene rings is 1. The molecule has 1 N–H and O–H groups in total. The lowest BCUT2D eigenvalue weighted by atomic mass is 10.2. The predicted molar refractivity (Wildman–Crippen MR) is 82.9 cm³/mol. The molecule has 7 heteroatoms. The molecule has 1 aromatic carbocycles. The van der Waals surface area contributed by atoms with Gasteiger partial charge in [0.25, 0.3) is 5.91 Å². The summed E-state index contributed by atoms with van der Waals surface area (Å²) >= 11 is 1.10. The fourth-order valence-corrected chi connectivity index (χ4v) is 2.26. The van der Waals surface area contributed by atoms with Crippen molar-refractivity contribution in [3.8, 4) is 11.5 Å². The van der Waals surface area contributed by atoms with Crippen LogP contribution in [0.5, 0.6) is 11.5 Å². The third kappa shape index (κ3) is 4.16. The molecule has 1 amide bonds. The maximum Gasteiger partial charge on any atom is 0.279 e. The Kier molecular flexibility index (Phi) is 4.74. The van der Waals surface area contributed by atoms with E-state index in [1.54, 1.807) is 13.8 Å². The van der Waals surface area contributed by atoms with Crippen molar-refractivity contribution < 1.29 is 14.3 Å². The minimum absolute atomic E-state index is 0.0919. The molecule has 4 rings (SSSR count). The average molecular weight is 305 g/mol. The molecule has 1 atom stereocenters. The van der Waals surface area contributed by atoms with Gasteiger partial charge in [0.2, 0.25) is 0 Å². The van der Waals surface area contributed by atoms with E-state index in [4.69, 9.17) is 4.74 Å². The van der Waals surface area contributed by atoms with E-state index in [1.165, 1.54) is 6.92 Å². The summed E-state index contributed by atoms with van der Waals surface area (Å²) < 4.78 is 5.01. The average Bonchev–Trinajstić information content (AvgIpc) is 2.79. The molecule has 3 aliphatic heterocycles. The zero-order valence-electron chi connectivity index (χ0n) is 11.9. The molecule has 3 heterocycles. The van der Waals surface area contributed by atoms with Crippen molar-refractivity contribution in [3.63, 3.8) is 0 Å². The minimum Gasteiger partial charge on any atom is -0.457 e. The monoisotopic (exact) mass is 305 g/mol. The van der Waals surface area contributed by atoms with Crippen molar-refractivity contribution >= 4 is 34.2 Å². The fourth-order valence-electron chi connectivity index (χ4n) is 1.45. The van der Waals surface area contributed by atoms with Gasteiger partial charge in [0.05, 0.1) is 0 Å². The number of ketones is 1. The SMILES string of the molecule is CC(=O)C1NC(=O)C(=NN=C(C)C)S1.c1cc2cc(c1)O2. The second-order valence-corrected chi connectivity index (χ2v) is 5.71. The first kappa shape index (κ1) is 15.2. The molecule has 0 spiro atoms. The number of amides is 1. The molecule has 0 aliphatic carbocycles. The van der Waals surface area contributed by atoms with Gasteiger partial charge in [0.15, 0.2) is 10.8 Å². The molecule has 1 aromatic rings. The highest BCUT2D eigenvalue weighted by Gasteiger charge is 2.31. The third-order valence-electron chi connectivity index (χ3n) is 2.44. The van der Waals surface area contributed by atoms with Gasteiger partial charge < -0.3 is 10.1 Å². The Morgan fingerprint density at radius 3 is 2.24 bits per heavy atom. The maximum absolute atomic E-state index is 11.2. The van der Waals surface area contributed by atoms with E-state index in [0.29, 0.717) is 0 Å². The van der Waals surface area contributed by atoms with Gasteiger partial charge in [-0.25, -0.2) is 0 Å². The second-order valence-electron chi connectivity index (χ2n) is 4.61. The number of Topliss-reactive ketones (excluding diaryl/α,β-unsaturated/α-hetero) is 1. The number of ether oxygens (including phenoxy) is 1. The van der Waals surface area contributed by atoms with E-state index in [1.807, 2.05) is 24.3 Å². The number of nitrogens with zero attached hydrogens (tertiary/aromatic N) is 2. The molecular formula is C14H15N3O3S. The Balaban J connectivity index is 0.000000189. The van der Waals surface area contributed by atoms with Gasteiger partial charge in [-0.3, -0.25) is 9.59 Å². The number of fused-ring (bicyclic) bond motifs is 2. The molecule has 0 saturated carbocycles. The van der Waals surface area contributed by atoms with Gasteiger partial charge in [-0.1, -0.05) is 17.8 Å². The number of thioether (sulfide) groups is 1. The van der Waals surface area contributed by atoms with Crippen molar-refractivity contribution in [1.29, 1.82) is 0 Å². The van der Waals surface area contributed by atoms with Gasteiger partial charge >= 0.3 is 0 Å². The lowest BCUT2D eigenvalue weighted by molar-refractivity contribution is -0.120. The van der Waals surface area contributed by atoms with Gasteiger partial charge in [-0.15, -0.1) is 5.10 Å². The van der Waals surface area contributed by atoms with Crippen molar-refractivity contribution in [1.82, 2.24) is 5.32 Å². The normalized spacial score (nSPS) is 19.7. The van der Waals surface area contributed by atoms with Gasteiger partial charge in [-0.2, -0.15) is 5.10 Å². The summed E-state index contributed by atoms with van der Waals surface area (Å²) in [5, 5.41) is 9.74. The summed E-state index contributed by atoms with van der Waals surface area (Å²) in [5.74, 6) is 1.54. The van der Waals surface area contributed by atoms with Crippen LogP contribution in [-0.4, -0.2) is 27.8 Å². The van der Waals surface area contributed by atoms with Gasteiger partial charge in [0.1, 0.15) is 16.9 Å². The molecule has 110 valence electrons. The lowest BCUT2D eigenvalue weighted by Crippen LogP contribution is -2.30. The fraction of sp³-hybridized carbons (Fsp3) is 0.286. The first-order chi connectivity index (χ1) is 9.95. The van der Waals surface area contributed by atoms with E-state index < -0.39 is 5.37 Å². The van der Waals surface area contributed by atoms with Crippen LogP contribution in [0.3, 0.4) is 0 Å².